The number of aliphatic hydroxyl groups is 1. The molecule has 1 aromatic heterocycles. The third-order valence-corrected chi connectivity index (χ3v) is 3.68. The van der Waals surface area contributed by atoms with Crippen LogP contribution in [0.4, 0.5) is 0 Å². The Morgan fingerprint density at radius 2 is 2.05 bits per heavy atom. The maximum absolute atomic E-state index is 10.2. The largest absolute Gasteiger partial charge is 0.388 e. The fourth-order valence-corrected chi connectivity index (χ4v) is 2.11. The van der Waals surface area contributed by atoms with E-state index in [9.17, 15) is 5.11 Å². The van der Waals surface area contributed by atoms with E-state index in [1.807, 2.05) is 37.4 Å². The lowest BCUT2D eigenvalue weighted by atomic mass is 10.0. The van der Waals surface area contributed by atoms with Crippen molar-refractivity contribution < 1.29 is 5.11 Å². The Morgan fingerprint density at radius 3 is 2.63 bits per heavy atom. The molecule has 1 N–H and O–H groups in total. The zero-order valence-electron chi connectivity index (χ0n) is 11.2. The number of aryl methyl sites for hydroxylation is 2. The number of aliphatic hydroxyl groups excluding tert-OH is 1. The number of pyridine rings is 1. The van der Waals surface area contributed by atoms with Crippen LogP contribution in [0, 0.1) is 6.92 Å². The molecule has 0 aliphatic carbocycles. The second-order valence-electron chi connectivity index (χ2n) is 4.74. The van der Waals surface area contributed by atoms with E-state index in [-0.39, 0.29) is 0 Å². The second kappa shape index (κ2) is 6.18. The van der Waals surface area contributed by atoms with Crippen molar-refractivity contribution in [2.75, 3.05) is 0 Å². The van der Waals surface area contributed by atoms with Gasteiger partial charge in [-0.05, 0) is 42.2 Å². The van der Waals surface area contributed by atoms with Crippen molar-refractivity contribution in [2.45, 2.75) is 32.8 Å². The van der Waals surface area contributed by atoms with Crippen molar-refractivity contribution in [3.05, 3.63) is 63.9 Å². The van der Waals surface area contributed by atoms with Crippen LogP contribution < -0.4 is 0 Å². The van der Waals surface area contributed by atoms with Gasteiger partial charge in [0.25, 0.3) is 0 Å². The van der Waals surface area contributed by atoms with Crippen molar-refractivity contribution in [2.24, 2.45) is 0 Å². The molecule has 1 unspecified atom stereocenters. The van der Waals surface area contributed by atoms with Gasteiger partial charge in [0.05, 0.1) is 6.10 Å². The van der Waals surface area contributed by atoms with Gasteiger partial charge >= 0.3 is 0 Å². The minimum Gasteiger partial charge on any atom is -0.388 e. The van der Waals surface area contributed by atoms with Crippen LogP contribution in [0.15, 0.2) is 36.5 Å². The summed E-state index contributed by atoms with van der Waals surface area (Å²) in [5.41, 5.74) is 3.94. The monoisotopic (exact) mass is 275 g/mol. The van der Waals surface area contributed by atoms with Gasteiger partial charge in [0.15, 0.2) is 0 Å². The molecule has 0 bridgehead atoms. The maximum atomic E-state index is 10.2. The number of hydrogen-bond acceptors (Lipinski definition) is 2. The molecule has 1 heterocycles. The van der Waals surface area contributed by atoms with Gasteiger partial charge in [-0.3, -0.25) is 4.98 Å². The van der Waals surface area contributed by atoms with Gasteiger partial charge in [-0.15, -0.1) is 0 Å². The lowest BCUT2D eigenvalue weighted by Crippen LogP contribution is -2.04. The fraction of sp³-hybridized carbons (Fsp3) is 0.312. The van der Waals surface area contributed by atoms with Gasteiger partial charge in [-0.2, -0.15) is 0 Å². The Labute approximate surface area is 119 Å². The molecule has 0 saturated carbocycles. The summed E-state index contributed by atoms with van der Waals surface area (Å²) in [5, 5.41) is 10.9. The van der Waals surface area contributed by atoms with E-state index < -0.39 is 6.10 Å². The summed E-state index contributed by atoms with van der Waals surface area (Å²) in [5.74, 6) is 0. The topological polar surface area (TPSA) is 33.1 Å². The Hall–Kier alpha value is -1.38. The molecule has 2 rings (SSSR count). The van der Waals surface area contributed by atoms with E-state index in [0.29, 0.717) is 11.4 Å². The first-order valence-electron chi connectivity index (χ1n) is 6.48. The third-order valence-electron chi connectivity index (χ3n) is 3.28. The number of rotatable bonds is 4. The van der Waals surface area contributed by atoms with Gasteiger partial charge in [0.2, 0.25) is 0 Å². The van der Waals surface area contributed by atoms with Crippen LogP contribution in [0.2, 0.25) is 5.02 Å². The van der Waals surface area contributed by atoms with E-state index in [1.165, 1.54) is 5.56 Å². The Kier molecular flexibility index (Phi) is 4.56. The van der Waals surface area contributed by atoms with Crippen molar-refractivity contribution in [3.8, 4) is 0 Å². The smallest absolute Gasteiger partial charge is 0.0845 e. The number of benzene rings is 1. The molecule has 2 nitrogen and oxygen atoms in total. The highest BCUT2D eigenvalue weighted by Gasteiger charge is 2.10. The van der Waals surface area contributed by atoms with Crippen LogP contribution in [0.5, 0.6) is 0 Å². The highest BCUT2D eigenvalue weighted by molar-refractivity contribution is 6.31. The molecule has 1 aromatic carbocycles. The average molecular weight is 276 g/mol. The van der Waals surface area contributed by atoms with Crippen molar-refractivity contribution in [1.82, 2.24) is 4.98 Å². The first-order chi connectivity index (χ1) is 9.10. The summed E-state index contributed by atoms with van der Waals surface area (Å²) in [6.07, 6.45) is 2.77. The van der Waals surface area contributed by atoms with Gasteiger partial charge in [-0.25, -0.2) is 0 Å². The SMILES string of the molecule is CCc1ccc(CC(O)c2ccc(C)c(Cl)c2)nc1. The highest BCUT2D eigenvalue weighted by atomic mass is 35.5. The summed E-state index contributed by atoms with van der Waals surface area (Å²) >= 11 is 6.07. The molecule has 0 aliphatic heterocycles. The molecule has 2 aromatic rings. The molecule has 0 aliphatic rings. The van der Waals surface area contributed by atoms with E-state index >= 15 is 0 Å². The summed E-state index contributed by atoms with van der Waals surface area (Å²) < 4.78 is 0. The van der Waals surface area contributed by atoms with Crippen LogP contribution in [-0.4, -0.2) is 10.1 Å². The van der Waals surface area contributed by atoms with Crippen LogP contribution in [-0.2, 0) is 12.8 Å². The maximum Gasteiger partial charge on any atom is 0.0845 e. The first kappa shape index (κ1) is 14.0. The molecule has 1 atom stereocenters. The average Bonchev–Trinajstić information content (AvgIpc) is 2.42. The quantitative estimate of drug-likeness (QED) is 0.918. The summed E-state index contributed by atoms with van der Waals surface area (Å²) in [7, 11) is 0. The van der Waals surface area contributed by atoms with E-state index in [2.05, 4.69) is 18.0 Å². The summed E-state index contributed by atoms with van der Waals surface area (Å²) in [4.78, 5) is 4.36. The number of halogens is 1. The predicted octanol–water partition coefficient (Wildman–Crippen LogP) is 3.88. The second-order valence-corrected chi connectivity index (χ2v) is 5.15. The van der Waals surface area contributed by atoms with Gasteiger partial charge < -0.3 is 5.11 Å². The minimum absolute atomic E-state index is 0.503. The number of hydrogen-bond donors (Lipinski definition) is 1. The van der Waals surface area contributed by atoms with Crippen LogP contribution in [0.1, 0.15) is 35.4 Å². The third kappa shape index (κ3) is 3.55. The molecule has 19 heavy (non-hydrogen) atoms. The molecular weight excluding hydrogens is 258 g/mol. The van der Waals surface area contributed by atoms with Crippen molar-refractivity contribution >= 4 is 11.6 Å². The standard InChI is InChI=1S/C16H18ClNO/c1-3-12-5-7-14(18-10-12)9-16(19)13-6-4-11(2)15(17)8-13/h4-8,10,16,19H,3,9H2,1-2H3. The lowest BCUT2D eigenvalue weighted by Gasteiger charge is -2.12. The molecule has 3 heteroatoms. The molecule has 0 amide bonds. The van der Waals surface area contributed by atoms with Crippen LogP contribution in [0.3, 0.4) is 0 Å². The Balaban J connectivity index is 2.10. The first-order valence-corrected chi connectivity index (χ1v) is 6.86. The normalized spacial score (nSPS) is 12.4. The lowest BCUT2D eigenvalue weighted by molar-refractivity contribution is 0.177. The van der Waals surface area contributed by atoms with Gasteiger partial charge in [0.1, 0.15) is 0 Å². The minimum atomic E-state index is -0.571. The van der Waals surface area contributed by atoms with Crippen LogP contribution in [0.25, 0.3) is 0 Å². The van der Waals surface area contributed by atoms with Crippen molar-refractivity contribution in [1.29, 1.82) is 0 Å². The summed E-state index contributed by atoms with van der Waals surface area (Å²) in [6, 6.07) is 9.68. The molecule has 0 radical (unpaired) electrons. The highest BCUT2D eigenvalue weighted by Crippen LogP contribution is 2.23. The Morgan fingerprint density at radius 1 is 1.26 bits per heavy atom. The zero-order chi connectivity index (χ0) is 13.8. The van der Waals surface area contributed by atoms with E-state index in [1.54, 1.807) is 0 Å². The van der Waals surface area contributed by atoms with Crippen LogP contribution >= 0.6 is 11.6 Å². The number of aromatic nitrogens is 1. The van der Waals surface area contributed by atoms with E-state index in [4.69, 9.17) is 11.6 Å². The molecular formula is C16H18ClNO. The molecule has 0 spiro atoms. The van der Waals surface area contributed by atoms with Gasteiger partial charge in [0, 0.05) is 23.3 Å². The van der Waals surface area contributed by atoms with E-state index in [0.717, 1.165) is 23.2 Å². The molecule has 100 valence electrons. The fourth-order valence-electron chi connectivity index (χ4n) is 1.92. The van der Waals surface area contributed by atoms with Crippen molar-refractivity contribution in [3.63, 3.8) is 0 Å². The zero-order valence-corrected chi connectivity index (χ0v) is 12.0. The summed E-state index contributed by atoms with van der Waals surface area (Å²) in [6.45, 7) is 4.04. The molecule has 0 fully saturated rings. The molecule has 0 saturated heterocycles. The van der Waals surface area contributed by atoms with Gasteiger partial charge in [-0.1, -0.05) is 36.7 Å². The number of nitrogens with zero attached hydrogens (tertiary/aromatic N) is 1. The Bertz CT molecular complexity index is 551. The predicted molar refractivity (Wildman–Crippen MR) is 78.5 cm³/mol.